The number of hydrogen-bond acceptors (Lipinski definition) is 4. The number of rotatable bonds is 7. The van der Waals surface area contributed by atoms with Gasteiger partial charge in [0.15, 0.2) is 0 Å². The topological polar surface area (TPSA) is 36.9 Å². The molecule has 0 fully saturated rings. The Kier molecular flexibility index (Phi) is 6.91. The zero-order chi connectivity index (χ0) is 9.45. The summed E-state index contributed by atoms with van der Waals surface area (Å²) >= 11 is 0. The van der Waals surface area contributed by atoms with Crippen molar-refractivity contribution in [2.24, 2.45) is 0 Å². The molecule has 0 heterocycles. The van der Waals surface area contributed by atoms with E-state index < -0.39 is 8.80 Å². The van der Waals surface area contributed by atoms with Crippen molar-refractivity contribution in [3.8, 4) is 0 Å². The van der Waals surface area contributed by atoms with Gasteiger partial charge in [0.25, 0.3) is 0 Å². The van der Waals surface area contributed by atoms with Gasteiger partial charge in [-0.05, 0) is 6.42 Å². The summed E-state index contributed by atoms with van der Waals surface area (Å²) in [5.41, 5.74) is 0. The summed E-state index contributed by atoms with van der Waals surface area (Å²) in [5.74, 6) is 0. The van der Waals surface area contributed by atoms with Crippen LogP contribution in [-0.4, -0.2) is 47.2 Å². The van der Waals surface area contributed by atoms with Crippen LogP contribution >= 0.6 is 0 Å². The Labute approximate surface area is 78.1 Å². The Morgan fingerprint density at radius 1 is 1.08 bits per heavy atom. The van der Waals surface area contributed by atoms with E-state index in [-0.39, 0.29) is 0 Å². The van der Waals surface area contributed by atoms with Crippen molar-refractivity contribution in [1.82, 2.24) is 0 Å². The fourth-order valence-electron chi connectivity index (χ4n) is 0.989. The van der Waals surface area contributed by atoms with Gasteiger partial charge in [-0.15, -0.1) is 0 Å². The van der Waals surface area contributed by atoms with Crippen molar-refractivity contribution in [3.05, 3.63) is 0 Å². The van der Waals surface area contributed by atoms with E-state index in [0.29, 0.717) is 0 Å². The van der Waals surface area contributed by atoms with Gasteiger partial charge >= 0.3 is 8.80 Å². The lowest BCUT2D eigenvalue weighted by molar-refractivity contribution is 0.121. The Hall–Kier alpha value is 0.274. The third-order valence-corrected chi connectivity index (χ3v) is 5.00. The third-order valence-electron chi connectivity index (χ3n) is 1.76. The van der Waals surface area contributed by atoms with Crippen molar-refractivity contribution < 1.29 is 17.7 Å². The van der Waals surface area contributed by atoms with Crippen LogP contribution in [0.5, 0.6) is 0 Å². The molecule has 0 aromatic carbocycles. The maximum atomic E-state index is 5.23. The van der Waals surface area contributed by atoms with E-state index in [9.17, 15) is 0 Å². The maximum absolute atomic E-state index is 5.23. The zero-order valence-electron chi connectivity index (χ0n) is 8.25. The van der Waals surface area contributed by atoms with E-state index in [0.717, 1.165) is 29.6 Å². The SMILES string of the molecule is CO[Si](CCCO[SiH3])(OC)OC. The average molecular weight is 210 g/mol. The molecule has 0 aromatic heterocycles. The molecule has 0 aliphatic carbocycles. The van der Waals surface area contributed by atoms with Gasteiger partial charge in [0, 0.05) is 34.0 Å². The Bertz CT molecular complexity index is 99.5. The van der Waals surface area contributed by atoms with E-state index in [4.69, 9.17) is 17.7 Å². The molecule has 6 heteroatoms. The predicted octanol–water partition coefficient (Wildman–Crippen LogP) is -0.448. The minimum atomic E-state index is -2.32. The first-order valence-corrected chi connectivity index (χ1v) is 6.64. The molecule has 4 nitrogen and oxygen atoms in total. The van der Waals surface area contributed by atoms with Gasteiger partial charge in [0.2, 0.25) is 0 Å². The Morgan fingerprint density at radius 3 is 1.92 bits per heavy atom. The summed E-state index contributed by atoms with van der Waals surface area (Å²) in [7, 11) is 3.35. The molecule has 0 rings (SSSR count). The molecule has 0 amide bonds. The molecule has 0 bridgehead atoms. The molecule has 12 heavy (non-hydrogen) atoms. The summed E-state index contributed by atoms with van der Waals surface area (Å²) in [4.78, 5) is 0. The van der Waals surface area contributed by atoms with Crippen LogP contribution < -0.4 is 0 Å². The van der Waals surface area contributed by atoms with Gasteiger partial charge in [-0.25, -0.2) is 0 Å². The molecule has 0 unspecified atom stereocenters. The zero-order valence-corrected chi connectivity index (χ0v) is 11.3. The Balaban J connectivity index is 3.76. The van der Waals surface area contributed by atoms with Gasteiger partial charge in [-0.1, -0.05) is 0 Å². The first kappa shape index (κ1) is 12.3. The lowest BCUT2D eigenvalue weighted by Crippen LogP contribution is -2.42. The average Bonchev–Trinajstić information content (AvgIpc) is 2.14. The van der Waals surface area contributed by atoms with Crippen molar-refractivity contribution in [2.75, 3.05) is 27.9 Å². The summed E-state index contributed by atoms with van der Waals surface area (Å²) in [6, 6.07) is 0.818. The molecule has 0 spiro atoms. The first-order valence-electron chi connectivity index (χ1n) is 3.89. The van der Waals surface area contributed by atoms with E-state index >= 15 is 0 Å². The fraction of sp³-hybridized carbons (Fsp3) is 1.00. The van der Waals surface area contributed by atoms with Crippen LogP contribution in [0.4, 0.5) is 0 Å². The summed E-state index contributed by atoms with van der Waals surface area (Å²) < 4.78 is 20.8. The standard InChI is InChI=1S/C6H18O4Si2/c1-7-12(8-2,9-3)6-4-5-10-11/h4-6H2,1-3,11H3. The van der Waals surface area contributed by atoms with Crippen LogP contribution in [-0.2, 0) is 17.7 Å². The lowest BCUT2D eigenvalue weighted by Gasteiger charge is -2.23. The largest absolute Gasteiger partial charge is 0.500 e. The van der Waals surface area contributed by atoms with Crippen LogP contribution in [0.2, 0.25) is 6.04 Å². The van der Waals surface area contributed by atoms with Gasteiger partial charge in [0.05, 0.1) is 0 Å². The molecular formula is C6H18O4Si2. The van der Waals surface area contributed by atoms with Crippen LogP contribution in [0.1, 0.15) is 6.42 Å². The number of hydrogen-bond donors (Lipinski definition) is 0. The van der Waals surface area contributed by atoms with Gasteiger partial charge in [-0.2, -0.15) is 0 Å². The molecule has 0 N–H and O–H groups in total. The smallest absolute Gasteiger partial charge is 0.428 e. The van der Waals surface area contributed by atoms with E-state index in [1.165, 1.54) is 0 Å². The molecule has 0 aliphatic rings. The normalized spacial score (nSPS) is 12.2. The van der Waals surface area contributed by atoms with Crippen molar-refractivity contribution in [2.45, 2.75) is 12.5 Å². The van der Waals surface area contributed by atoms with Gasteiger partial charge in [0.1, 0.15) is 10.5 Å². The van der Waals surface area contributed by atoms with Gasteiger partial charge in [-0.3, -0.25) is 0 Å². The van der Waals surface area contributed by atoms with Crippen LogP contribution in [0.15, 0.2) is 0 Å². The van der Waals surface area contributed by atoms with E-state index in [1.54, 1.807) is 21.3 Å². The highest BCUT2D eigenvalue weighted by atomic mass is 28.4. The molecule has 0 aromatic rings. The quantitative estimate of drug-likeness (QED) is 0.421. The molecule has 74 valence electrons. The second kappa shape index (κ2) is 6.75. The lowest BCUT2D eigenvalue weighted by atomic mass is 10.5. The monoisotopic (exact) mass is 210 g/mol. The second-order valence-corrected chi connectivity index (χ2v) is 6.06. The summed E-state index contributed by atoms with van der Waals surface area (Å²) in [5, 5.41) is 0. The fourth-order valence-corrected chi connectivity index (χ4v) is 2.97. The second-order valence-electron chi connectivity index (χ2n) is 2.39. The third kappa shape index (κ3) is 3.79. The van der Waals surface area contributed by atoms with Crippen molar-refractivity contribution in [1.29, 1.82) is 0 Å². The first-order chi connectivity index (χ1) is 5.74. The molecule has 0 aliphatic heterocycles. The summed E-state index contributed by atoms with van der Waals surface area (Å²) in [6.45, 7) is 0.775. The highest BCUT2D eigenvalue weighted by molar-refractivity contribution is 6.60. The van der Waals surface area contributed by atoms with Crippen molar-refractivity contribution in [3.63, 3.8) is 0 Å². The molecule has 0 radical (unpaired) electrons. The summed E-state index contributed by atoms with van der Waals surface area (Å²) in [6.07, 6.45) is 0.936. The van der Waals surface area contributed by atoms with Crippen LogP contribution in [0.25, 0.3) is 0 Å². The van der Waals surface area contributed by atoms with Crippen LogP contribution in [0, 0.1) is 0 Å². The Morgan fingerprint density at radius 2 is 1.58 bits per heavy atom. The molecular weight excluding hydrogens is 192 g/mol. The minimum absolute atomic E-state index is 0.775. The highest BCUT2D eigenvalue weighted by Gasteiger charge is 2.36. The highest BCUT2D eigenvalue weighted by Crippen LogP contribution is 2.14. The molecule has 0 saturated carbocycles. The molecule has 0 saturated heterocycles. The van der Waals surface area contributed by atoms with E-state index in [2.05, 4.69) is 0 Å². The van der Waals surface area contributed by atoms with E-state index in [1.807, 2.05) is 0 Å². The van der Waals surface area contributed by atoms with Crippen molar-refractivity contribution >= 4 is 19.3 Å². The maximum Gasteiger partial charge on any atom is 0.500 e. The predicted molar refractivity (Wildman–Crippen MR) is 52.1 cm³/mol. The van der Waals surface area contributed by atoms with Crippen LogP contribution in [0.3, 0.4) is 0 Å². The molecule has 0 atom stereocenters. The van der Waals surface area contributed by atoms with Gasteiger partial charge < -0.3 is 17.7 Å². The minimum Gasteiger partial charge on any atom is -0.428 e.